The summed E-state index contributed by atoms with van der Waals surface area (Å²) in [4.78, 5) is 39.2. The summed E-state index contributed by atoms with van der Waals surface area (Å²) < 4.78 is 0. The van der Waals surface area contributed by atoms with E-state index in [1.807, 2.05) is 24.3 Å². The topological polar surface area (TPSA) is 78.5 Å². The lowest BCUT2D eigenvalue weighted by Gasteiger charge is -2.15. The van der Waals surface area contributed by atoms with Crippen LogP contribution in [-0.4, -0.2) is 17.7 Å². The van der Waals surface area contributed by atoms with Gasteiger partial charge in [0.2, 0.25) is 0 Å². The third-order valence-corrected chi connectivity index (χ3v) is 5.69. The fourth-order valence-corrected chi connectivity index (χ4v) is 3.77. The van der Waals surface area contributed by atoms with Crippen molar-refractivity contribution in [3.8, 4) is 0 Å². The van der Waals surface area contributed by atoms with Crippen LogP contribution in [0.1, 0.15) is 22.8 Å². The van der Waals surface area contributed by atoms with Gasteiger partial charge in [-0.3, -0.25) is 14.4 Å². The normalized spacial score (nSPS) is 13.5. The first-order chi connectivity index (χ1) is 15.9. The van der Waals surface area contributed by atoms with Crippen LogP contribution in [0.25, 0.3) is 0 Å². The van der Waals surface area contributed by atoms with Gasteiger partial charge in [0.15, 0.2) is 0 Å². The molecule has 2 N–H and O–H groups in total. The van der Waals surface area contributed by atoms with Gasteiger partial charge in [0, 0.05) is 22.0 Å². The summed E-state index contributed by atoms with van der Waals surface area (Å²) in [6, 6.07) is 20.5. The average Bonchev–Trinajstić information content (AvgIpc) is 3.03. The highest BCUT2D eigenvalue weighted by molar-refractivity contribution is 6.53. The van der Waals surface area contributed by atoms with Crippen LogP contribution in [0.3, 0.4) is 0 Å². The second kappa shape index (κ2) is 9.48. The van der Waals surface area contributed by atoms with Crippen LogP contribution in [0.2, 0.25) is 5.02 Å². The van der Waals surface area contributed by atoms with Gasteiger partial charge in [-0.2, -0.15) is 0 Å². The summed E-state index contributed by atoms with van der Waals surface area (Å²) in [6.07, 6.45) is 0.913. The number of benzene rings is 3. The molecular weight excluding hydrogens is 461 g/mol. The maximum atomic E-state index is 12.9. The molecule has 6 nitrogen and oxygen atoms in total. The Hall–Kier alpha value is -3.61. The van der Waals surface area contributed by atoms with E-state index in [0.29, 0.717) is 27.6 Å². The summed E-state index contributed by atoms with van der Waals surface area (Å²) in [6.45, 7) is 2.06. The Bertz CT molecular complexity index is 1290. The number of nitrogens with one attached hydrogen (secondary N) is 2. The van der Waals surface area contributed by atoms with Crippen LogP contribution in [-0.2, 0) is 16.0 Å². The second-order valence-corrected chi connectivity index (χ2v) is 8.14. The number of aryl methyl sites for hydroxylation is 1. The van der Waals surface area contributed by atoms with Gasteiger partial charge in [0.1, 0.15) is 10.7 Å². The quantitative estimate of drug-likeness (QED) is 0.451. The van der Waals surface area contributed by atoms with Crippen molar-refractivity contribution in [2.24, 2.45) is 0 Å². The Morgan fingerprint density at radius 1 is 0.879 bits per heavy atom. The zero-order valence-electron chi connectivity index (χ0n) is 17.6. The van der Waals surface area contributed by atoms with E-state index in [1.54, 1.807) is 42.5 Å². The minimum Gasteiger partial charge on any atom is -0.350 e. The molecule has 8 heteroatoms. The number of nitrogens with zero attached hydrogens (tertiary/aromatic N) is 1. The van der Waals surface area contributed by atoms with Crippen molar-refractivity contribution in [2.75, 3.05) is 15.5 Å². The van der Waals surface area contributed by atoms with Crippen molar-refractivity contribution in [2.45, 2.75) is 13.3 Å². The molecule has 4 rings (SSSR count). The van der Waals surface area contributed by atoms with Crippen LogP contribution >= 0.6 is 23.2 Å². The number of carbonyl (C=O) groups excluding carboxylic acids is 3. The van der Waals surface area contributed by atoms with E-state index in [1.165, 1.54) is 11.6 Å². The van der Waals surface area contributed by atoms with Crippen LogP contribution in [0.5, 0.6) is 0 Å². The smallest absolute Gasteiger partial charge is 0.283 e. The highest BCUT2D eigenvalue weighted by atomic mass is 35.5. The molecule has 0 fully saturated rings. The Morgan fingerprint density at radius 3 is 2.30 bits per heavy atom. The summed E-state index contributed by atoms with van der Waals surface area (Å²) in [5, 5.41) is 5.86. The van der Waals surface area contributed by atoms with Gasteiger partial charge in [-0.15, -0.1) is 0 Å². The number of anilines is 3. The molecule has 33 heavy (non-hydrogen) atoms. The van der Waals surface area contributed by atoms with E-state index in [2.05, 4.69) is 17.6 Å². The molecule has 0 unspecified atom stereocenters. The Morgan fingerprint density at radius 2 is 1.61 bits per heavy atom. The largest absolute Gasteiger partial charge is 0.350 e. The highest BCUT2D eigenvalue weighted by Crippen LogP contribution is 2.31. The van der Waals surface area contributed by atoms with Crippen molar-refractivity contribution in [3.05, 3.63) is 99.7 Å². The first-order valence-corrected chi connectivity index (χ1v) is 10.9. The van der Waals surface area contributed by atoms with Crippen molar-refractivity contribution in [1.82, 2.24) is 0 Å². The van der Waals surface area contributed by atoms with Crippen molar-refractivity contribution >= 4 is 58.0 Å². The Balaban J connectivity index is 1.52. The van der Waals surface area contributed by atoms with Gasteiger partial charge in [0.25, 0.3) is 17.7 Å². The third kappa shape index (κ3) is 4.77. The Labute approximate surface area is 200 Å². The van der Waals surface area contributed by atoms with Gasteiger partial charge in [-0.1, -0.05) is 54.4 Å². The maximum absolute atomic E-state index is 12.9. The summed E-state index contributed by atoms with van der Waals surface area (Å²) in [5.41, 5.74) is 2.90. The molecule has 0 bridgehead atoms. The molecule has 0 saturated carbocycles. The zero-order chi connectivity index (χ0) is 23.5. The van der Waals surface area contributed by atoms with Gasteiger partial charge in [0.05, 0.1) is 5.69 Å². The zero-order valence-corrected chi connectivity index (χ0v) is 19.1. The number of imide groups is 1. The molecular formula is C25H19Cl2N3O3. The lowest BCUT2D eigenvalue weighted by atomic mass is 10.1. The van der Waals surface area contributed by atoms with E-state index >= 15 is 0 Å². The molecule has 0 spiro atoms. The number of hydrogen-bond acceptors (Lipinski definition) is 4. The Kier molecular flexibility index (Phi) is 6.49. The molecule has 0 radical (unpaired) electrons. The molecule has 0 saturated heterocycles. The molecule has 1 heterocycles. The van der Waals surface area contributed by atoms with Gasteiger partial charge < -0.3 is 10.6 Å². The molecule has 3 aromatic carbocycles. The monoisotopic (exact) mass is 479 g/mol. The van der Waals surface area contributed by atoms with E-state index < -0.39 is 11.8 Å². The fraction of sp³-hybridized carbons (Fsp3) is 0.0800. The molecule has 0 atom stereocenters. The molecule has 166 valence electrons. The number of carbonyl (C=O) groups is 3. The van der Waals surface area contributed by atoms with E-state index in [4.69, 9.17) is 23.2 Å². The van der Waals surface area contributed by atoms with Gasteiger partial charge in [-0.05, 0) is 60.5 Å². The summed E-state index contributed by atoms with van der Waals surface area (Å²) in [7, 11) is 0. The van der Waals surface area contributed by atoms with Crippen LogP contribution in [0.4, 0.5) is 17.1 Å². The van der Waals surface area contributed by atoms with Crippen LogP contribution in [0, 0.1) is 0 Å². The van der Waals surface area contributed by atoms with Crippen molar-refractivity contribution in [1.29, 1.82) is 0 Å². The third-order valence-electron chi connectivity index (χ3n) is 5.11. The van der Waals surface area contributed by atoms with Crippen LogP contribution in [0.15, 0.2) is 83.5 Å². The number of rotatable bonds is 6. The summed E-state index contributed by atoms with van der Waals surface area (Å²) >= 11 is 12.2. The lowest BCUT2D eigenvalue weighted by Crippen LogP contribution is -2.32. The predicted molar refractivity (Wildman–Crippen MR) is 131 cm³/mol. The minimum atomic E-state index is -0.657. The van der Waals surface area contributed by atoms with Gasteiger partial charge in [-0.25, -0.2) is 4.90 Å². The van der Waals surface area contributed by atoms with Gasteiger partial charge >= 0.3 is 0 Å². The highest BCUT2D eigenvalue weighted by Gasteiger charge is 2.39. The number of hydrogen-bond donors (Lipinski definition) is 2. The SMILES string of the molecule is CCc1ccc(NC(=O)c2cccc(NC3=C(Cl)C(=O)N(c4cccc(Cl)c4)C3=O)c2)cc1. The fourth-order valence-electron chi connectivity index (χ4n) is 3.37. The number of halogens is 2. The molecule has 3 amide bonds. The molecule has 0 aromatic heterocycles. The molecule has 1 aliphatic heterocycles. The molecule has 3 aromatic rings. The van der Waals surface area contributed by atoms with E-state index in [-0.39, 0.29) is 16.6 Å². The predicted octanol–water partition coefficient (Wildman–Crippen LogP) is 5.59. The van der Waals surface area contributed by atoms with Crippen LogP contribution < -0.4 is 15.5 Å². The number of amides is 3. The first kappa shape index (κ1) is 22.6. The second-order valence-electron chi connectivity index (χ2n) is 7.32. The van der Waals surface area contributed by atoms with E-state index in [9.17, 15) is 14.4 Å². The average molecular weight is 480 g/mol. The first-order valence-electron chi connectivity index (χ1n) is 10.2. The summed E-state index contributed by atoms with van der Waals surface area (Å²) in [5.74, 6) is -1.58. The lowest BCUT2D eigenvalue weighted by molar-refractivity contribution is -0.120. The molecule has 0 aliphatic carbocycles. The molecule has 1 aliphatic rings. The maximum Gasteiger partial charge on any atom is 0.283 e. The minimum absolute atomic E-state index is 0.0747. The standard InChI is InChI=1S/C25H19Cl2N3O3/c1-2-15-9-11-18(12-10-15)29-23(31)16-5-3-7-19(13-16)28-22-21(27)24(32)30(25(22)33)20-8-4-6-17(26)14-20/h3-14,28H,2H2,1H3,(H,29,31). The van der Waals surface area contributed by atoms with E-state index in [0.717, 1.165) is 11.3 Å². The van der Waals surface area contributed by atoms with Crippen molar-refractivity contribution < 1.29 is 14.4 Å². The van der Waals surface area contributed by atoms with Crippen molar-refractivity contribution in [3.63, 3.8) is 0 Å².